The van der Waals surface area contributed by atoms with Gasteiger partial charge in [0.15, 0.2) is 5.65 Å². The van der Waals surface area contributed by atoms with E-state index in [1.807, 2.05) is 24.3 Å². The lowest BCUT2D eigenvalue weighted by Gasteiger charge is -2.02. The predicted octanol–water partition coefficient (Wildman–Crippen LogP) is 1.82. The summed E-state index contributed by atoms with van der Waals surface area (Å²) in [5, 5.41) is 5.36. The number of fused-ring (bicyclic) bond motifs is 1. The van der Waals surface area contributed by atoms with E-state index in [0.29, 0.717) is 22.6 Å². The first kappa shape index (κ1) is 11.0. The Bertz CT molecular complexity index is 745. The molecule has 0 aliphatic carbocycles. The SMILES string of the molecule is O=c1[nH]cnc2c1cnn2Cc1ccc(Cl)cc1. The molecule has 2 aromatic heterocycles. The highest BCUT2D eigenvalue weighted by Crippen LogP contribution is 2.12. The van der Waals surface area contributed by atoms with Gasteiger partial charge in [0.2, 0.25) is 0 Å². The number of hydrogen-bond acceptors (Lipinski definition) is 3. The van der Waals surface area contributed by atoms with Crippen molar-refractivity contribution in [1.82, 2.24) is 19.7 Å². The summed E-state index contributed by atoms with van der Waals surface area (Å²) in [5.74, 6) is 0. The summed E-state index contributed by atoms with van der Waals surface area (Å²) < 4.78 is 1.69. The smallest absolute Gasteiger partial charge is 0.261 e. The molecular weight excluding hydrogens is 252 g/mol. The first-order chi connectivity index (χ1) is 8.74. The molecule has 0 fully saturated rings. The summed E-state index contributed by atoms with van der Waals surface area (Å²) in [6.07, 6.45) is 2.90. The van der Waals surface area contributed by atoms with E-state index in [-0.39, 0.29) is 5.56 Å². The third kappa shape index (κ3) is 1.89. The van der Waals surface area contributed by atoms with Gasteiger partial charge in [0.1, 0.15) is 5.39 Å². The van der Waals surface area contributed by atoms with Crippen LogP contribution in [-0.2, 0) is 6.54 Å². The van der Waals surface area contributed by atoms with Crippen molar-refractivity contribution < 1.29 is 0 Å². The molecule has 5 nitrogen and oxygen atoms in total. The van der Waals surface area contributed by atoms with Gasteiger partial charge in [-0.3, -0.25) is 4.79 Å². The Balaban J connectivity index is 2.03. The number of hydrogen-bond donors (Lipinski definition) is 1. The van der Waals surface area contributed by atoms with Crippen molar-refractivity contribution in [3.63, 3.8) is 0 Å². The Morgan fingerprint density at radius 3 is 2.83 bits per heavy atom. The molecule has 3 rings (SSSR count). The molecule has 1 aromatic carbocycles. The minimum absolute atomic E-state index is 0.178. The van der Waals surface area contributed by atoms with Gasteiger partial charge in [-0.15, -0.1) is 0 Å². The number of halogens is 1. The van der Waals surface area contributed by atoms with E-state index in [1.54, 1.807) is 4.68 Å². The van der Waals surface area contributed by atoms with Crippen LogP contribution in [0.5, 0.6) is 0 Å². The lowest BCUT2D eigenvalue weighted by atomic mass is 10.2. The summed E-state index contributed by atoms with van der Waals surface area (Å²) in [7, 11) is 0. The zero-order valence-electron chi connectivity index (χ0n) is 9.30. The van der Waals surface area contributed by atoms with Crippen LogP contribution in [0.4, 0.5) is 0 Å². The Hall–Kier alpha value is -2.14. The average Bonchev–Trinajstić information content (AvgIpc) is 2.77. The fourth-order valence-corrected chi connectivity index (χ4v) is 1.91. The van der Waals surface area contributed by atoms with Gasteiger partial charge < -0.3 is 4.98 Å². The first-order valence-electron chi connectivity index (χ1n) is 5.38. The Kier molecular flexibility index (Phi) is 2.60. The van der Waals surface area contributed by atoms with Gasteiger partial charge in [-0.25, -0.2) is 9.67 Å². The standard InChI is InChI=1S/C12H9ClN4O/c13-9-3-1-8(2-4-9)6-17-11-10(5-16-17)12(18)15-7-14-11/h1-5,7H,6H2,(H,14,15,18). The number of aromatic nitrogens is 4. The molecule has 2 heterocycles. The zero-order valence-corrected chi connectivity index (χ0v) is 10.1. The van der Waals surface area contributed by atoms with Crippen molar-refractivity contribution in [3.05, 3.63) is 57.7 Å². The lowest BCUT2D eigenvalue weighted by molar-refractivity contribution is 0.703. The molecule has 1 N–H and O–H groups in total. The molecule has 0 unspecified atom stereocenters. The largest absolute Gasteiger partial charge is 0.312 e. The molecular formula is C12H9ClN4O. The number of H-pyrrole nitrogens is 1. The second-order valence-corrected chi connectivity index (χ2v) is 4.33. The lowest BCUT2D eigenvalue weighted by Crippen LogP contribution is -2.07. The Morgan fingerprint density at radius 2 is 2.06 bits per heavy atom. The molecule has 18 heavy (non-hydrogen) atoms. The normalized spacial score (nSPS) is 10.9. The van der Waals surface area contributed by atoms with Gasteiger partial charge >= 0.3 is 0 Å². The molecule has 3 aromatic rings. The average molecular weight is 261 g/mol. The summed E-state index contributed by atoms with van der Waals surface area (Å²) in [4.78, 5) is 18.2. The highest BCUT2D eigenvalue weighted by atomic mass is 35.5. The van der Waals surface area contributed by atoms with Crippen LogP contribution in [0, 0.1) is 0 Å². The van der Waals surface area contributed by atoms with Crippen molar-refractivity contribution >= 4 is 22.6 Å². The summed E-state index contributed by atoms with van der Waals surface area (Å²) in [6.45, 7) is 0.553. The quantitative estimate of drug-likeness (QED) is 0.764. The van der Waals surface area contributed by atoms with Crippen molar-refractivity contribution in [2.75, 3.05) is 0 Å². The van der Waals surface area contributed by atoms with Crippen LogP contribution >= 0.6 is 11.6 Å². The fraction of sp³-hybridized carbons (Fsp3) is 0.0833. The minimum Gasteiger partial charge on any atom is -0.312 e. The van der Waals surface area contributed by atoms with Gasteiger partial charge in [0.25, 0.3) is 5.56 Å². The van der Waals surface area contributed by atoms with Crippen molar-refractivity contribution in [2.45, 2.75) is 6.54 Å². The number of aromatic amines is 1. The highest BCUT2D eigenvalue weighted by Gasteiger charge is 2.07. The minimum atomic E-state index is -0.178. The molecule has 0 aliphatic rings. The second-order valence-electron chi connectivity index (χ2n) is 3.90. The highest BCUT2D eigenvalue weighted by molar-refractivity contribution is 6.30. The van der Waals surface area contributed by atoms with Gasteiger partial charge in [-0.2, -0.15) is 5.10 Å². The molecule has 0 aliphatic heterocycles. The second kappa shape index (κ2) is 4.27. The van der Waals surface area contributed by atoms with Crippen molar-refractivity contribution in [2.24, 2.45) is 0 Å². The molecule has 0 saturated carbocycles. The van der Waals surface area contributed by atoms with Crippen LogP contribution in [0.3, 0.4) is 0 Å². The van der Waals surface area contributed by atoms with Crippen LogP contribution in [0.1, 0.15) is 5.56 Å². The van der Waals surface area contributed by atoms with Crippen LogP contribution in [0.2, 0.25) is 5.02 Å². The predicted molar refractivity (Wildman–Crippen MR) is 68.7 cm³/mol. The third-order valence-electron chi connectivity index (χ3n) is 2.68. The maximum atomic E-state index is 11.5. The van der Waals surface area contributed by atoms with Crippen LogP contribution in [0.25, 0.3) is 11.0 Å². The van der Waals surface area contributed by atoms with Crippen LogP contribution in [0.15, 0.2) is 41.6 Å². The summed E-state index contributed by atoms with van der Waals surface area (Å²) in [5.41, 5.74) is 1.45. The summed E-state index contributed by atoms with van der Waals surface area (Å²) in [6, 6.07) is 7.48. The maximum Gasteiger partial charge on any atom is 0.261 e. The van der Waals surface area contributed by atoms with Crippen LogP contribution < -0.4 is 5.56 Å². The number of rotatable bonds is 2. The van der Waals surface area contributed by atoms with E-state index >= 15 is 0 Å². The molecule has 0 radical (unpaired) electrons. The van der Waals surface area contributed by atoms with E-state index in [4.69, 9.17) is 11.6 Å². The van der Waals surface area contributed by atoms with E-state index in [0.717, 1.165) is 5.56 Å². The molecule has 0 saturated heterocycles. The number of benzene rings is 1. The summed E-state index contributed by atoms with van der Waals surface area (Å²) >= 11 is 5.83. The number of nitrogens with zero attached hydrogens (tertiary/aromatic N) is 3. The Morgan fingerprint density at radius 1 is 1.28 bits per heavy atom. The Labute approximate surface area is 107 Å². The van der Waals surface area contributed by atoms with Gasteiger partial charge in [-0.05, 0) is 17.7 Å². The van der Waals surface area contributed by atoms with E-state index in [9.17, 15) is 4.79 Å². The van der Waals surface area contributed by atoms with Gasteiger partial charge in [0, 0.05) is 5.02 Å². The van der Waals surface area contributed by atoms with Gasteiger partial charge in [0.05, 0.1) is 19.1 Å². The van der Waals surface area contributed by atoms with Crippen molar-refractivity contribution in [3.8, 4) is 0 Å². The first-order valence-corrected chi connectivity index (χ1v) is 5.75. The molecule has 0 bridgehead atoms. The topological polar surface area (TPSA) is 63.6 Å². The molecule has 0 atom stereocenters. The third-order valence-corrected chi connectivity index (χ3v) is 2.94. The molecule has 90 valence electrons. The van der Waals surface area contributed by atoms with Gasteiger partial charge in [-0.1, -0.05) is 23.7 Å². The number of nitrogens with one attached hydrogen (secondary N) is 1. The maximum absolute atomic E-state index is 11.5. The van der Waals surface area contributed by atoms with E-state index < -0.39 is 0 Å². The van der Waals surface area contributed by atoms with Crippen molar-refractivity contribution in [1.29, 1.82) is 0 Å². The van der Waals surface area contributed by atoms with Crippen LogP contribution in [-0.4, -0.2) is 19.7 Å². The fourth-order valence-electron chi connectivity index (χ4n) is 1.78. The molecule has 0 spiro atoms. The zero-order chi connectivity index (χ0) is 12.5. The van der Waals surface area contributed by atoms with E-state index in [1.165, 1.54) is 12.5 Å². The molecule has 6 heteroatoms. The van der Waals surface area contributed by atoms with E-state index in [2.05, 4.69) is 15.1 Å². The molecule has 0 amide bonds. The monoisotopic (exact) mass is 260 g/mol.